The van der Waals surface area contributed by atoms with E-state index in [0.717, 1.165) is 11.3 Å². The number of rotatable bonds is 4. The van der Waals surface area contributed by atoms with Crippen LogP contribution in [0.25, 0.3) is 0 Å². The fourth-order valence-electron chi connectivity index (χ4n) is 1.89. The van der Waals surface area contributed by atoms with E-state index in [9.17, 15) is 4.39 Å². The first-order valence-electron chi connectivity index (χ1n) is 5.91. The molecule has 0 amide bonds. The summed E-state index contributed by atoms with van der Waals surface area (Å²) in [6.45, 7) is 2.06. The monoisotopic (exact) mass is 355 g/mol. The van der Waals surface area contributed by atoms with Gasteiger partial charge in [-0.3, -0.25) is 0 Å². The summed E-state index contributed by atoms with van der Waals surface area (Å²) in [5.74, 6) is -0.131. The third kappa shape index (κ3) is 3.45. The molecule has 2 aromatic rings. The summed E-state index contributed by atoms with van der Waals surface area (Å²) in [6, 6.07) is 15.2. The van der Waals surface area contributed by atoms with Crippen molar-refractivity contribution in [3.63, 3.8) is 0 Å². The largest absolute Gasteiger partial charge is 0.381 e. The van der Waals surface area contributed by atoms with Crippen molar-refractivity contribution in [2.24, 2.45) is 0 Å². The van der Waals surface area contributed by atoms with Gasteiger partial charge in [0, 0.05) is 15.3 Å². The molecule has 0 saturated heterocycles. The van der Waals surface area contributed by atoms with Crippen LogP contribution in [0.4, 0.5) is 10.1 Å². The first-order valence-corrected chi connectivity index (χ1v) is 6.99. The van der Waals surface area contributed by atoms with Crippen molar-refractivity contribution in [3.05, 3.63) is 63.5 Å². The molecule has 3 heteroatoms. The lowest BCUT2D eigenvalue weighted by Crippen LogP contribution is -2.19. The van der Waals surface area contributed by atoms with Crippen molar-refractivity contribution in [1.29, 1.82) is 0 Å². The van der Waals surface area contributed by atoms with Gasteiger partial charge in [0.2, 0.25) is 0 Å². The van der Waals surface area contributed by atoms with E-state index in [-0.39, 0.29) is 11.9 Å². The van der Waals surface area contributed by atoms with Gasteiger partial charge in [-0.05, 0) is 59.7 Å². The van der Waals surface area contributed by atoms with E-state index in [2.05, 4.69) is 40.9 Å². The van der Waals surface area contributed by atoms with Gasteiger partial charge >= 0.3 is 0 Å². The first kappa shape index (κ1) is 13.3. The van der Waals surface area contributed by atoms with Gasteiger partial charge in [-0.1, -0.05) is 30.3 Å². The van der Waals surface area contributed by atoms with Crippen LogP contribution in [0.3, 0.4) is 0 Å². The first-order chi connectivity index (χ1) is 8.66. The lowest BCUT2D eigenvalue weighted by molar-refractivity contribution is 0.601. The molecule has 2 rings (SSSR count). The van der Waals surface area contributed by atoms with Gasteiger partial charge < -0.3 is 5.32 Å². The molecule has 0 fully saturated rings. The second-order valence-corrected chi connectivity index (χ2v) is 5.48. The molecule has 0 heterocycles. The molecular formula is C15H15FIN. The molecule has 0 radical (unpaired) electrons. The molecule has 94 valence electrons. The highest BCUT2D eigenvalue weighted by Gasteiger charge is 2.08. The van der Waals surface area contributed by atoms with Crippen molar-refractivity contribution in [2.75, 3.05) is 5.32 Å². The Balaban J connectivity index is 2.04. The van der Waals surface area contributed by atoms with Gasteiger partial charge in [0.05, 0.1) is 0 Å². The number of halogens is 2. The number of hydrogen-bond donors (Lipinski definition) is 1. The average molecular weight is 355 g/mol. The summed E-state index contributed by atoms with van der Waals surface area (Å²) in [4.78, 5) is 0. The van der Waals surface area contributed by atoms with E-state index in [1.165, 1.54) is 9.64 Å². The average Bonchev–Trinajstić information content (AvgIpc) is 2.35. The second kappa shape index (κ2) is 6.18. The van der Waals surface area contributed by atoms with E-state index in [1.807, 2.05) is 30.3 Å². The van der Waals surface area contributed by atoms with Crippen LogP contribution in [0.15, 0.2) is 48.5 Å². The number of nitrogens with one attached hydrogen (secondary N) is 1. The molecule has 0 bridgehead atoms. The number of anilines is 1. The molecule has 0 spiro atoms. The molecule has 18 heavy (non-hydrogen) atoms. The Hall–Kier alpha value is -1.10. The maximum Gasteiger partial charge on any atom is 0.126 e. The standard InChI is InChI=1S/C15H15FIN/c1-11(10-12-6-2-3-7-13(12)16)18-15-9-5-4-8-14(15)17/h2-9,11,18H,10H2,1H3. The third-order valence-electron chi connectivity index (χ3n) is 2.76. The summed E-state index contributed by atoms with van der Waals surface area (Å²) >= 11 is 2.29. The van der Waals surface area contributed by atoms with E-state index in [4.69, 9.17) is 0 Å². The van der Waals surface area contributed by atoms with Crippen LogP contribution >= 0.6 is 22.6 Å². The lowest BCUT2D eigenvalue weighted by atomic mass is 10.1. The normalized spacial score (nSPS) is 12.2. The van der Waals surface area contributed by atoms with Gasteiger partial charge in [-0.2, -0.15) is 0 Å². The van der Waals surface area contributed by atoms with Gasteiger partial charge in [0.1, 0.15) is 5.82 Å². The van der Waals surface area contributed by atoms with Crippen LogP contribution in [-0.4, -0.2) is 6.04 Å². The van der Waals surface area contributed by atoms with Crippen molar-refractivity contribution < 1.29 is 4.39 Å². The van der Waals surface area contributed by atoms with Crippen LogP contribution in [0.1, 0.15) is 12.5 Å². The van der Waals surface area contributed by atoms with E-state index < -0.39 is 0 Å². The highest BCUT2D eigenvalue weighted by Crippen LogP contribution is 2.19. The zero-order chi connectivity index (χ0) is 13.0. The Morgan fingerprint density at radius 1 is 1.11 bits per heavy atom. The van der Waals surface area contributed by atoms with Gasteiger partial charge in [-0.25, -0.2) is 4.39 Å². The summed E-state index contributed by atoms with van der Waals surface area (Å²) in [5.41, 5.74) is 1.85. The molecule has 0 aliphatic heterocycles. The highest BCUT2D eigenvalue weighted by atomic mass is 127. The molecule has 1 atom stereocenters. The SMILES string of the molecule is CC(Cc1ccccc1F)Nc1ccccc1I. The van der Waals surface area contributed by atoms with E-state index >= 15 is 0 Å². The fourth-order valence-corrected chi connectivity index (χ4v) is 2.43. The van der Waals surface area contributed by atoms with Gasteiger partial charge in [0.15, 0.2) is 0 Å². The Bertz CT molecular complexity index is 480. The van der Waals surface area contributed by atoms with E-state index in [0.29, 0.717) is 6.42 Å². The van der Waals surface area contributed by atoms with Crippen molar-refractivity contribution in [1.82, 2.24) is 0 Å². The topological polar surface area (TPSA) is 12.0 Å². The molecule has 0 aliphatic carbocycles. The highest BCUT2D eigenvalue weighted by molar-refractivity contribution is 14.1. The Morgan fingerprint density at radius 3 is 2.50 bits per heavy atom. The number of hydrogen-bond acceptors (Lipinski definition) is 1. The van der Waals surface area contributed by atoms with Crippen LogP contribution in [0.2, 0.25) is 0 Å². The number of benzene rings is 2. The molecule has 1 unspecified atom stereocenters. The minimum atomic E-state index is -0.131. The minimum Gasteiger partial charge on any atom is -0.381 e. The predicted octanol–water partition coefficient (Wildman–Crippen LogP) is 4.47. The summed E-state index contributed by atoms with van der Waals surface area (Å²) < 4.78 is 14.7. The fraction of sp³-hybridized carbons (Fsp3) is 0.200. The lowest BCUT2D eigenvalue weighted by Gasteiger charge is -2.16. The quantitative estimate of drug-likeness (QED) is 0.798. The van der Waals surface area contributed by atoms with Crippen molar-refractivity contribution in [2.45, 2.75) is 19.4 Å². The van der Waals surface area contributed by atoms with Crippen molar-refractivity contribution in [3.8, 4) is 0 Å². The number of para-hydroxylation sites is 1. The van der Waals surface area contributed by atoms with Gasteiger partial charge in [0.25, 0.3) is 0 Å². The minimum absolute atomic E-state index is 0.131. The van der Waals surface area contributed by atoms with Crippen LogP contribution in [-0.2, 0) is 6.42 Å². The maximum absolute atomic E-state index is 13.5. The molecule has 0 aromatic heterocycles. The molecule has 1 N–H and O–H groups in total. The smallest absolute Gasteiger partial charge is 0.126 e. The molecule has 0 saturated carbocycles. The Morgan fingerprint density at radius 2 is 1.78 bits per heavy atom. The summed E-state index contributed by atoms with van der Waals surface area (Å²) in [7, 11) is 0. The zero-order valence-corrected chi connectivity index (χ0v) is 12.3. The molecular weight excluding hydrogens is 340 g/mol. The Kier molecular flexibility index (Phi) is 4.58. The molecule has 1 nitrogen and oxygen atoms in total. The third-order valence-corrected chi connectivity index (χ3v) is 3.70. The van der Waals surface area contributed by atoms with Gasteiger partial charge in [-0.15, -0.1) is 0 Å². The zero-order valence-electron chi connectivity index (χ0n) is 10.2. The van der Waals surface area contributed by atoms with E-state index in [1.54, 1.807) is 6.07 Å². The maximum atomic E-state index is 13.5. The summed E-state index contributed by atoms with van der Waals surface area (Å²) in [6.07, 6.45) is 0.678. The molecule has 0 aliphatic rings. The van der Waals surface area contributed by atoms with Crippen LogP contribution < -0.4 is 5.32 Å². The van der Waals surface area contributed by atoms with Crippen molar-refractivity contribution >= 4 is 28.3 Å². The van der Waals surface area contributed by atoms with Crippen LogP contribution in [0, 0.1) is 9.39 Å². The van der Waals surface area contributed by atoms with Crippen LogP contribution in [0.5, 0.6) is 0 Å². The second-order valence-electron chi connectivity index (χ2n) is 4.32. The molecule has 2 aromatic carbocycles. The predicted molar refractivity (Wildman–Crippen MR) is 82.3 cm³/mol. The Labute approximate surface area is 121 Å². The summed E-state index contributed by atoms with van der Waals surface area (Å²) in [5, 5.41) is 3.41.